The molecule has 21 heavy (non-hydrogen) atoms. The minimum absolute atomic E-state index is 0.00699. The molecule has 2 heterocycles. The second kappa shape index (κ2) is 7.60. The van der Waals surface area contributed by atoms with Crippen LogP contribution in [0.1, 0.15) is 30.2 Å². The standard InChI is InChI=1S/C16H21NO3S/c1-12-7-14(10-20-12)16(19)17(2)9-13-8-15(21-11-13)5-3-4-6-18/h8,11-12,14,18H,4,6-7,9-10H2,1-2H3. The van der Waals surface area contributed by atoms with E-state index in [0.717, 1.165) is 16.9 Å². The molecule has 1 aromatic heterocycles. The van der Waals surface area contributed by atoms with E-state index >= 15 is 0 Å². The number of hydrogen-bond acceptors (Lipinski definition) is 4. The Morgan fingerprint density at radius 2 is 2.43 bits per heavy atom. The van der Waals surface area contributed by atoms with Crippen molar-refractivity contribution >= 4 is 17.2 Å². The number of aliphatic hydroxyl groups excluding tert-OH is 1. The van der Waals surface area contributed by atoms with E-state index in [-0.39, 0.29) is 24.5 Å². The molecule has 0 bridgehead atoms. The lowest BCUT2D eigenvalue weighted by Gasteiger charge is -2.19. The van der Waals surface area contributed by atoms with Gasteiger partial charge in [-0.15, -0.1) is 11.3 Å². The van der Waals surface area contributed by atoms with Crippen LogP contribution in [0.4, 0.5) is 0 Å². The van der Waals surface area contributed by atoms with Crippen molar-refractivity contribution in [1.82, 2.24) is 4.90 Å². The molecule has 1 fully saturated rings. The third kappa shape index (κ3) is 4.57. The van der Waals surface area contributed by atoms with Gasteiger partial charge in [0.25, 0.3) is 0 Å². The molecule has 0 radical (unpaired) electrons. The van der Waals surface area contributed by atoms with Gasteiger partial charge < -0.3 is 14.7 Å². The van der Waals surface area contributed by atoms with Crippen molar-refractivity contribution in [3.63, 3.8) is 0 Å². The van der Waals surface area contributed by atoms with Crippen molar-refractivity contribution in [3.8, 4) is 11.8 Å². The van der Waals surface area contributed by atoms with E-state index in [4.69, 9.17) is 9.84 Å². The number of hydrogen-bond donors (Lipinski definition) is 1. The number of amides is 1. The molecule has 0 spiro atoms. The van der Waals surface area contributed by atoms with Crippen LogP contribution in [0.3, 0.4) is 0 Å². The van der Waals surface area contributed by atoms with E-state index in [2.05, 4.69) is 11.8 Å². The monoisotopic (exact) mass is 307 g/mol. The van der Waals surface area contributed by atoms with E-state index in [0.29, 0.717) is 19.6 Å². The van der Waals surface area contributed by atoms with Gasteiger partial charge in [0.2, 0.25) is 5.91 Å². The Hall–Kier alpha value is -1.35. The fraction of sp³-hybridized carbons (Fsp3) is 0.562. The zero-order valence-corrected chi connectivity index (χ0v) is 13.3. The molecule has 4 nitrogen and oxygen atoms in total. The summed E-state index contributed by atoms with van der Waals surface area (Å²) < 4.78 is 5.46. The van der Waals surface area contributed by atoms with Crippen molar-refractivity contribution in [2.45, 2.75) is 32.4 Å². The van der Waals surface area contributed by atoms with Gasteiger partial charge in [0.15, 0.2) is 0 Å². The van der Waals surface area contributed by atoms with Crippen LogP contribution in [0.25, 0.3) is 0 Å². The first-order valence-electron chi connectivity index (χ1n) is 7.14. The van der Waals surface area contributed by atoms with Crippen molar-refractivity contribution in [2.24, 2.45) is 5.92 Å². The molecule has 0 saturated carbocycles. The van der Waals surface area contributed by atoms with Gasteiger partial charge in [-0.05, 0) is 30.4 Å². The lowest BCUT2D eigenvalue weighted by molar-refractivity contribution is -0.134. The molecule has 1 amide bonds. The molecule has 2 atom stereocenters. The van der Waals surface area contributed by atoms with Crippen molar-refractivity contribution in [1.29, 1.82) is 0 Å². The summed E-state index contributed by atoms with van der Waals surface area (Å²) in [5, 5.41) is 10.7. The van der Waals surface area contributed by atoms with Crippen LogP contribution < -0.4 is 0 Å². The number of ether oxygens (including phenoxy) is 1. The predicted molar refractivity (Wildman–Crippen MR) is 82.9 cm³/mol. The van der Waals surface area contributed by atoms with Gasteiger partial charge in [0.1, 0.15) is 0 Å². The maximum absolute atomic E-state index is 12.3. The highest BCUT2D eigenvalue weighted by atomic mass is 32.1. The van der Waals surface area contributed by atoms with Gasteiger partial charge in [-0.25, -0.2) is 0 Å². The van der Waals surface area contributed by atoms with Crippen LogP contribution in [0.5, 0.6) is 0 Å². The molecule has 114 valence electrons. The minimum Gasteiger partial charge on any atom is -0.395 e. The fourth-order valence-electron chi connectivity index (χ4n) is 2.38. The van der Waals surface area contributed by atoms with Crippen LogP contribution >= 0.6 is 11.3 Å². The second-order valence-corrected chi connectivity index (χ2v) is 6.28. The van der Waals surface area contributed by atoms with Gasteiger partial charge in [-0.1, -0.05) is 11.8 Å². The highest BCUT2D eigenvalue weighted by molar-refractivity contribution is 7.10. The number of rotatable bonds is 4. The van der Waals surface area contributed by atoms with Crippen LogP contribution in [0, 0.1) is 17.8 Å². The third-order valence-corrected chi connectivity index (χ3v) is 4.34. The zero-order chi connectivity index (χ0) is 15.2. The molecular weight excluding hydrogens is 286 g/mol. The predicted octanol–water partition coefficient (Wildman–Crippen LogP) is 1.87. The van der Waals surface area contributed by atoms with Crippen LogP contribution in [0.2, 0.25) is 0 Å². The van der Waals surface area contributed by atoms with Crippen molar-refractivity contribution in [3.05, 3.63) is 21.9 Å². The number of nitrogens with zero attached hydrogens (tertiary/aromatic N) is 1. The minimum atomic E-state index is -0.00699. The Labute approximate surface area is 129 Å². The highest BCUT2D eigenvalue weighted by Gasteiger charge is 2.30. The molecule has 2 rings (SSSR count). The summed E-state index contributed by atoms with van der Waals surface area (Å²) in [5.74, 6) is 6.06. The number of carbonyl (C=O) groups is 1. The lowest BCUT2D eigenvalue weighted by Crippen LogP contribution is -2.32. The van der Waals surface area contributed by atoms with Gasteiger partial charge >= 0.3 is 0 Å². The molecule has 1 saturated heterocycles. The van der Waals surface area contributed by atoms with E-state index in [1.807, 2.05) is 25.4 Å². The average Bonchev–Trinajstić information content (AvgIpc) is 3.07. The summed E-state index contributed by atoms with van der Waals surface area (Å²) in [7, 11) is 1.83. The molecule has 1 aliphatic heterocycles. The van der Waals surface area contributed by atoms with Crippen molar-refractivity contribution < 1.29 is 14.6 Å². The van der Waals surface area contributed by atoms with E-state index < -0.39 is 0 Å². The van der Waals surface area contributed by atoms with Gasteiger partial charge in [0.05, 0.1) is 30.1 Å². The average molecular weight is 307 g/mol. The van der Waals surface area contributed by atoms with Gasteiger partial charge in [-0.3, -0.25) is 4.79 Å². The zero-order valence-electron chi connectivity index (χ0n) is 12.5. The number of carbonyl (C=O) groups excluding carboxylic acids is 1. The fourth-order valence-corrected chi connectivity index (χ4v) is 3.15. The molecule has 5 heteroatoms. The Kier molecular flexibility index (Phi) is 5.80. The maximum atomic E-state index is 12.3. The van der Waals surface area contributed by atoms with Crippen LogP contribution in [-0.4, -0.2) is 42.3 Å². The summed E-state index contributed by atoms with van der Waals surface area (Å²) >= 11 is 1.57. The van der Waals surface area contributed by atoms with E-state index in [1.54, 1.807) is 16.2 Å². The first-order chi connectivity index (χ1) is 10.1. The van der Waals surface area contributed by atoms with E-state index in [1.165, 1.54) is 0 Å². The quantitative estimate of drug-likeness (QED) is 0.864. The van der Waals surface area contributed by atoms with Gasteiger partial charge in [0, 0.05) is 20.0 Å². The van der Waals surface area contributed by atoms with Crippen molar-refractivity contribution in [2.75, 3.05) is 20.3 Å². The summed E-state index contributed by atoms with van der Waals surface area (Å²) in [6.45, 7) is 3.22. The SMILES string of the molecule is CC1CC(C(=O)N(C)Cc2csc(C#CCCO)c2)CO1. The Morgan fingerprint density at radius 3 is 3.10 bits per heavy atom. The van der Waals surface area contributed by atoms with Crippen LogP contribution in [0.15, 0.2) is 11.4 Å². The first kappa shape index (κ1) is 16.0. The summed E-state index contributed by atoms with van der Waals surface area (Å²) in [6.07, 6.45) is 1.48. The molecular formula is C16H21NO3S. The Morgan fingerprint density at radius 1 is 1.62 bits per heavy atom. The van der Waals surface area contributed by atoms with E-state index in [9.17, 15) is 4.79 Å². The summed E-state index contributed by atoms with van der Waals surface area (Å²) in [5.41, 5.74) is 1.09. The normalized spacial score (nSPS) is 20.9. The Balaban J connectivity index is 1.89. The molecule has 1 aromatic rings. The van der Waals surface area contributed by atoms with Gasteiger partial charge in [-0.2, -0.15) is 0 Å². The molecule has 1 N–H and O–H groups in total. The second-order valence-electron chi connectivity index (χ2n) is 5.37. The largest absolute Gasteiger partial charge is 0.395 e. The highest BCUT2D eigenvalue weighted by Crippen LogP contribution is 2.22. The number of thiophene rings is 1. The van der Waals surface area contributed by atoms with Crippen LogP contribution in [-0.2, 0) is 16.1 Å². The maximum Gasteiger partial charge on any atom is 0.228 e. The molecule has 0 aliphatic carbocycles. The lowest BCUT2D eigenvalue weighted by atomic mass is 10.0. The smallest absolute Gasteiger partial charge is 0.228 e. The third-order valence-electron chi connectivity index (χ3n) is 3.45. The number of aliphatic hydroxyl groups is 1. The molecule has 0 aromatic carbocycles. The first-order valence-corrected chi connectivity index (χ1v) is 8.02. The summed E-state index contributed by atoms with van der Waals surface area (Å²) in [4.78, 5) is 15.0. The molecule has 1 aliphatic rings. The topological polar surface area (TPSA) is 49.8 Å². The summed E-state index contributed by atoms with van der Waals surface area (Å²) in [6, 6.07) is 2.01. The Bertz CT molecular complexity index is 543. The molecule has 2 unspecified atom stereocenters.